The minimum atomic E-state index is -3.59. The molecule has 2 heterocycles. The quantitative estimate of drug-likeness (QED) is 0.276. The summed E-state index contributed by atoms with van der Waals surface area (Å²) in [6.07, 6.45) is 0. The van der Waals surface area contributed by atoms with Crippen molar-refractivity contribution in [2.75, 3.05) is 0 Å². The lowest BCUT2D eigenvalue weighted by atomic mass is 9.32. The standard InChI is InChI=1S/C27H55NO2S.C19H39NO2S/c1-18(2)19-20(21(3,4)5)31(29,30)28-27(24(12,13)14,25(15,16)17)26(19,22(6,7)8)23(9,10)11;1-15(2,3)13-14(16(4,5)6)23(21,22)20-19(13,17(7,8)9)18(10,11)12/h18-20,28H,1-17H3;13-14,20H,1-12H3. The van der Waals surface area contributed by atoms with Gasteiger partial charge in [0.2, 0.25) is 20.0 Å². The van der Waals surface area contributed by atoms with Gasteiger partial charge in [-0.1, -0.05) is 201 Å². The van der Waals surface area contributed by atoms with Crippen LogP contribution in [0.4, 0.5) is 0 Å². The van der Waals surface area contributed by atoms with E-state index in [0.29, 0.717) is 0 Å². The first kappa shape index (κ1) is 51.8. The van der Waals surface area contributed by atoms with E-state index in [4.69, 9.17) is 0 Å². The molecular formula is C46H94N2O4S2. The van der Waals surface area contributed by atoms with E-state index in [9.17, 15) is 16.8 Å². The van der Waals surface area contributed by atoms with Gasteiger partial charge in [-0.15, -0.1) is 0 Å². The third-order valence-corrected chi connectivity index (χ3v) is 18.3. The van der Waals surface area contributed by atoms with Gasteiger partial charge in [0.1, 0.15) is 0 Å². The van der Waals surface area contributed by atoms with E-state index in [0.717, 1.165) is 0 Å². The number of hydrogen-bond donors (Lipinski definition) is 2. The van der Waals surface area contributed by atoms with Gasteiger partial charge in [0.05, 0.1) is 10.5 Å². The van der Waals surface area contributed by atoms with Gasteiger partial charge >= 0.3 is 0 Å². The molecule has 0 aromatic rings. The Morgan fingerprint density at radius 1 is 0.407 bits per heavy atom. The van der Waals surface area contributed by atoms with Crippen LogP contribution in [-0.4, -0.2) is 38.4 Å². The highest BCUT2D eigenvalue weighted by atomic mass is 32.2. The first-order chi connectivity index (χ1) is 22.8. The topological polar surface area (TPSA) is 92.3 Å². The Bertz CT molecular complexity index is 1500. The molecule has 0 amide bonds. The highest BCUT2D eigenvalue weighted by Gasteiger charge is 2.79. The summed E-state index contributed by atoms with van der Waals surface area (Å²) in [5.41, 5.74) is -3.67. The smallest absolute Gasteiger partial charge is 0.212 e. The van der Waals surface area contributed by atoms with Crippen molar-refractivity contribution < 1.29 is 16.8 Å². The number of rotatable bonds is 1. The lowest BCUT2D eigenvalue weighted by molar-refractivity contribution is -0.239. The molecule has 2 saturated heterocycles. The molecule has 0 aliphatic carbocycles. The molecule has 2 fully saturated rings. The lowest BCUT2D eigenvalue weighted by Crippen LogP contribution is -2.86. The van der Waals surface area contributed by atoms with Gasteiger partial charge in [0, 0.05) is 22.4 Å². The molecule has 8 heteroatoms. The fourth-order valence-electron chi connectivity index (χ4n) is 13.9. The molecule has 4 atom stereocenters. The molecule has 2 aliphatic heterocycles. The lowest BCUT2D eigenvalue weighted by Gasteiger charge is -2.78. The molecule has 2 aliphatic rings. The van der Waals surface area contributed by atoms with Gasteiger partial charge in [-0.2, -0.15) is 0 Å². The summed E-state index contributed by atoms with van der Waals surface area (Å²) in [6.45, 7) is 64.0. The van der Waals surface area contributed by atoms with E-state index in [2.05, 4.69) is 210 Å². The summed E-state index contributed by atoms with van der Waals surface area (Å²) in [5, 5.41) is -0.885. The highest BCUT2D eigenvalue weighted by Crippen LogP contribution is 2.74. The summed E-state index contributed by atoms with van der Waals surface area (Å²) in [6, 6.07) is 0. The third-order valence-electron chi connectivity index (χ3n) is 13.8. The molecule has 54 heavy (non-hydrogen) atoms. The Hall–Kier alpha value is -0.180. The number of nitrogens with one attached hydrogen (secondary N) is 2. The van der Waals surface area contributed by atoms with E-state index in [-0.39, 0.29) is 71.9 Å². The first-order valence-electron chi connectivity index (χ1n) is 20.9. The normalized spacial score (nSPS) is 28.0. The summed E-state index contributed by atoms with van der Waals surface area (Å²) >= 11 is 0. The van der Waals surface area contributed by atoms with Crippen molar-refractivity contribution in [3.63, 3.8) is 0 Å². The minimum Gasteiger partial charge on any atom is -0.212 e. The molecule has 0 saturated carbocycles. The van der Waals surface area contributed by atoms with Crippen LogP contribution >= 0.6 is 0 Å². The maximum absolute atomic E-state index is 14.3. The Morgan fingerprint density at radius 2 is 0.704 bits per heavy atom. The molecular weight excluding hydrogens is 709 g/mol. The number of sulfonamides is 2. The van der Waals surface area contributed by atoms with Crippen molar-refractivity contribution in [2.24, 2.45) is 71.9 Å². The largest absolute Gasteiger partial charge is 0.215 e. The molecule has 0 aromatic heterocycles. The highest BCUT2D eigenvalue weighted by molar-refractivity contribution is 7.90. The predicted octanol–water partition coefficient (Wildman–Crippen LogP) is 12.3. The Morgan fingerprint density at radius 3 is 0.907 bits per heavy atom. The average molecular weight is 803 g/mol. The molecule has 0 radical (unpaired) electrons. The van der Waals surface area contributed by atoms with Gasteiger partial charge in [-0.3, -0.25) is 0 Å². The van der Waals surface area contributed by atoms with Crippen molar-refractivity contribution in [1.82, 2.24) is 9.44 Å². The fraction of sp³-hybridized carbons (Fsp3) is 1.00. The molecule has 2 rings (SSSR count). The summed E-state index contributed by atoms with van der Waals surface area (Å²) in [4.78, 5) is 0. The molecule has 0 spiro atoms. The first-order valence-corrected chi connectivity index (χ1v) is 24.0. The molecule has 2 N–H and O–H groups in total. The van der Waals surface area contributed by atoms with Crippen LogP contribution in [0.5, 0.6) is 0 Å². The zero-order valence-electron chi connectivity index (χ0n) is 41.3. The maximum atomic E-state index is 14.3. The van der Waals surface area contributed by atoms with Crippen LogP contribution in [0.1, 0.15) is 201 Å². The Labute approximate surface area is 339 Å². The fourth-order valence-corrected chi connectivity index (χ4v) is 20.3. The second kappa shape index (κ2) is 14.0. The van der Waals surface area contributed by atoms with Crippen LogP contribution in [0.3, 0.4) is 0 Å². The Balaban J connectivity index is 0.000000564. The second-order valence-corrected chi connectivity index (χ2v) is 31.0. The predicted molar refractivity (Wildman–Crippen MR) is 236 cm³/mol. The molecule has 4 unspecified atom stereocenters. The third kappa shape index (κ3) is 8.06. The van der Waals surface area contributed by atoms with Gasteiger partial charge in [0.15, 0.2) is 0 Å². The second-order valence-electron chi connectivity index (χ2n) is 27.3. The summed E-state index contributed by atoms with van der Waals surface area (Å²) in [7, 11) is -6.99. The molecule has 0 aromatic carbocycles. The van der Waals surface area contributed by atoms with E-state index >= 15 is 0 Å². The Kier molecular flexibility index (Phi) is 13.4. The van der Waals surface area contributed by atoms with Gasteiger partial charge in [0.25, 0.3) is 0 Å². The zero-order valence-corrected chi connectivity index (χ0v) is 43.0. The monoisotopic (exact) mass is 803 g/mol. The number of hydrogen-bond acceptors (Lipinski definition) is 4. The van der Waals surface area contributed by atoms with Gasteiger partial charge in [-0.25, -0.2) is 26.3 Å². The molecule has 0 bridgehead atoms. The molecule has 324 valence electrons. The van der Waals surface area contributed by atoms with Gasteiger partial charge in [-0.05, 0) is 60.6 Å². The van der Waals surface area contributed by atoms with Crippen molar-refractivity contribution in [1.29, 1.82) is 0 Å². The van der Waals surface area contributed by atoms with Crippen LogP contribution in [0.2, 0.25) is 0 Å². The van der Waals surface area contributed by atoms with Crippen LogP contribution in [0.15, 0.2) is 0 Å². The van der Waals surface area contributed by atoms with E-state index in [1.165, 1.54) is 0 Å². The maximum Gasteiger partial charge on any atom is 0.215 e. The SMILES string of the molecule is CC(C)(C)C1C(C(C)(C)C)S(=O)(=O)NC1(C(C)(C)C)C(C)(C)C.CC(C)C1C(C(C)(C)C)S(=O)(=O)NC(C(C)(C)C)(C(C)(C)C)C1(C(C)(C)C)C(C)(C)C. The molecule has 6 nitrogen and oxygen atoms in total. The van der Waals surface area contributed by atoms with Gasteiger partial charge < -0.3 is 0 Å². The van der Waals surface area contributed by atoms with E-state index < -0.39 is 41.6 Å². The van der Waals surface area contributed by atoms with Crippen LogP contribution in [0, 0.1) is 71.9 Å². The summed E-state index contributed by atoms with van der Waals surface area (Å²) < 4.78 is 61.8. The van der Waals surface area contributed by atoms with Crippen LogP contribution in [0.25, 0.3) is 0 Å². The minimum absolute atomic E-state index is 0.0139. The van der Waals surface area contributed by atoms with Crippen molar-refractivity contribution in [2.45, 2.75) is 222 Å². The van der Waals surface area contributed by atoms with Crippen molar-refractivity contribution >= 4 is 20.0 Å². The van der Waals surface area contributed by atoms with Crippen LogP contribution < -0.4 is 9.44 Å². The van der Waals surface area contributed by atoms with E-state index in [1.807, 2.05) is 0 Å². The summed E-state index contributed by atoms with van der Waals surface area (Å²) in [5.74, 6) is 0.209. The van der Waals surface area contributed by atoms with Crippen LogP contribution in [-0.2, 0) is 20.0 Å². The van der Waals surface area contributed by atoms with E-state index in [1.54, 1.807) is 0 Å². The average Bonchev–Trinajstić information content (AvgIpc) is 3.08. The van der Waals surface area contributed by atoms with Crippen molar-refractivity contribution in [3.8, 4) is 0 Å². The zero-order chi connectivity index (χ0) is 44.3. The van der Waals surface area contributed by atoms with Crippen molar-refractivity contribution in [3.05, 3.63) is 0 Å².